The Labute approximate surface area is 80.4 Å². The lowest BCUT2D eigenvalue weighted by molar-refractivity contribution is 0.914. The molecule has 0 aliphatic heterocycles. The lowest BCUT2D eigenvalue weighted by Crippen LogP contribution is -1.93. The van der Waals surface area contributed by atoms with Gasteiger partial charge in [-0.1, -0.05) is 20.8 Å². The highest BCUT2D eigenvalue weighted by molar-refractivity contribution is 5.13. The summed E-state index contributed by atoms with van der Waals surface area (Å²) in [7, 11) is 0. The lowest BCUT2D eigenvalue weighted by atomic mass is 10.3. The number of nitrogens with zero attached hydrogens (tertiary/aromatic N) is 2. The van der Waals surface area contributed by atoms with Gasteiger partial charge in [0.05, 0.1) is 11.4 Å². The van der Waals surface area contributed by atoms with E-state index in [1.165, 1.54) is 18.5 Å². The first-order valence-corrected chi connectivity index (χ1v) is 5.21. The Morgan fingerprint density at radius 3 is 2.54 bits per heavy atom. The number of hydrogen-bond donors (Lipinski definition) is 0. The Morgan fingerprint density at radius 1 is 1.31 bits per heavy atom. The molecule has 0 amide bonds. The van der Waals surface area contributed by atoms with Crippen LogP contribution in [-0.4, -0.2) is 9.97 Å². The maximum atomic E-state index is 4.49. The summed E-state index contributed by atoms with van der Waals surface area (Å²) >= 11 is 0. The van der Waals surface area contributed by atoms with Crippen LogP contribution in [0.4, 0.5) is 0 Å². The van der Waals surface area contributed by atoms with Crippen molar-refractivity contribution in [3.63, 3.8) is 0 Å². The van der Waals surface area contributed by atoms with E-state index < -0.39 is 0 Å². The molecule has 0 spiro atoms. The van der Waals surface area contributed by atoms with E-state index in [1.54, 1.807) is 0 Å². The van der Waals surface area contributed by atoms with Crippen molar-refractivity contribution in [2.75, 3.05) is 0 Å². The van der Waals surface area contributed by atoms with Gasteiger partial charge in [0.15, 0.2) is 0 Å². The summed E-state index contributed by atoms with van der Waals surface area (Å²) in [6, 6.07) is 0. The number of aromatic nitrogens is 2. The molecule has 2 nitrogen and oxygen atoms in total. The minimum absolute atomic E-state index is 0.731. The van der Waals surface area contributed by atoms with Crippen molar-refractivity contribution in [2.45, 2.75) is 46.0 Å². The SMILES string of the molecule is CC.CCc1cncc(C2CC2)n1. The van der Waals surface area contributed by atoms with E-state index in [9.17, 15) is 0 Å². The van der Waals surface area contributed by atoms with Crippen LogP contribution in [0, 0.1) is 0 Å². The smallest absolute Gasteiger partial charge is 0.0620 e. The van der Waals surface area contributed by atoms with Crippen LogP contribution < -0.4 is 0 Å². The molecule has 0 atom stereocenters. The molecule has 2 heteroatoms. The molecule has 1 aromatic rings. The van der Waals surface area contributed by atoms with Crippen molar-refractivity contribution in [3.8, 4) is 0 Å². The molecule has 0 bridgehead atoms. The normalized spacial score (nSPS) is 14.7. The fourth-order valence-electron chi connectivity index (χ4n) is 1.17. The van der Waals surface area contributed by atoms with Crippen molar-refractivity contribution < 1.29 is 0 Å². The average Bonchev–Trinajstić information content (AvgIpc) is 3.04. The summed E-state index contributed by atoms with van der Waals surface area (Å²) in [4.78, 5) is 8.64. The van der Waals surface area contributed by atoms with Crippen molar-refractivity contribution >= 4 is 0 Å². The molecule has 13 heavy (non-hydrogen) atoms. The van der Waals surface area contributed by atoms with Gasteiger partial charge in [0.1, 0.15) is 0 Å². The fourth-order valence-corrected chi connectivity index (χ4v) is 1.17. The molecule has 2 rings (SSSR count). The summed E-state index contributed by atoms with van der Waals surface area (Å²) in [5.41, 5.74) is 2.32. The van der Waals surface area contributed by atoms with E-state index in [0.717, 1.165) is 18.0 Å². The fraction of sp³-hybridized carbons (Fsp3) is 0.636. The van der Waals surface area contributed by atoms with Crippen LogP contribution in [0.15, 0.2) is 12.4 Å². The molecule has 0 unspecified atom stereocenters. The molecular weight excluding hydrogens is 160 g/mol. The molecule has 0 radical (unpaired) electrons. The van der Waals surface area contributed by atoms with Gasteiger partial charge in [-0.15, -0.1) is 0 Å². The summed E-state index contributed by atoms with van der Waals surface area (Å²) in [5.74, 6) is 0.731. The second kappa shape index (κ2) is 4.95. The Morgan fingerprint density at radius 2 is 2.00 bits per heavy atom. The van der Waals surface area contributed by atoms with E-state index in [1.807, 2.05) is 26.2 Å². The second-order valence-corrected chi connectivity index (χ2v) is 3.06. The molecule has 1 aliphatic carbocycles. The zero-order chi connectivity index (χ0) is 9.68. The van der Waals surface area contributed by atoms with E-state index in [0.29, 0.717) is 0 Å². The maximum absolute atomic E-state index is 4.49. The molecule has 0 N–H and O–H groups in total. The zero-order valence-electron chi connectivity index (χ0n) is 8.75. The standard InChI is InChI=1S/C9H12N2.C2H6/c1-2-8-5-10-6-9(11-8)7-3-4-7;1-2/h5-7H,2-4H2,1H3;1-2H3. The third-order valence-corrected chi connectivity index (χ3v) is 2.06. The van der Waals surface area contributed by atoms with E-state index in [4.69, 9.17) is 0 Å². The first-order chi connectivity index (χ1) is 6.40. The van der Waals surface area contributed by atoms with Crippen molar-refractivity contribution in [2.24, 2.45) is 0 Å². The largest absolute Gasteiger partial charge is 0.261 e. The monoisotopic (exact) mass is 178 g/mol. The molecule has 1 aliphatic rings. The van der Waals surface area contributed by atoms with Crippen LogP contribution in [0.5, 0.6) is 0 Å². The number of aryl methyl sites for hydroxylation is 1. The molecule has 72 valence electrons. The van der Waals surface area contributed by atoms with Gasteiger partial charge in [0, 0.05) is 18.3 Å². The molecule has 1 aromatic heterocycles. The van der Waals surface area contributed by atoms with Gasteiger partial charge in [-0.25, -0.2) is 0 Å². The van der Waals surface area contributed by atoms with Gasteiger partial charge >= 0.3 is 0 Å². The highest BCUT2D eigenvalue weighted by Gasteiger charge is 2.25. The van der Waals surface area contributed by atoms with Crippen molar-refractivity contribution in [1.29, 1.82) is 0 Å². The number of hydrogen-bond acceptors (Lipinski definition) is 2. The highest BCUT2D eigenvalue weighted by atomic mass is 14.8. The Bertz CT molecular complexity index is 254. The Kier molecular flexibility index (Phi) is 3.87. The topological polar surface area (TPSA) is 25.8 Å². The molecule has 1 saturated carbocycles. The van der Waals surface area contributed by atoms with Crippen LogP contribution in [0.2, 0.25) is 0 Å². The molecule has 1 heterocycles. The van der Waals surface area contributed by atoms with Crippen LogP contribution in [0.3, 0.4) is 0 Å². The van der Waals surface area contributed by atoms with Gasteiger partial charge < -0.3 is 0 Å². The Balaban J connectivity index is 0.000000396. The zero-order valence-corrected chi connectivity index (χ0v) is 8.75. The third kappa shape index (κ3) is 2.79. The van der Waals surface area contributed by atoms with Crippen LogP contribution in [0.1, 0.15) is 50.9 Å². The molecule has 0 saturated heterocycles. The lowest BCUT2D eigenvalue weighted by Gasteiger charge is -1.98. The van der Waals surface area contributed by atoms with Gasteiger partial charge in [-0.3, -0.25) is 9.97 Å². The summed E-state index contributed by atoms with van der Waals surface area (Å²) < 4.78 is 0. The molecular formula is C11H18N2. The summed E-state index contributed by atoms with van der Waals surface area (Å²) in [6.45, 7) is 6.11. The van der Waals surface area contributed by atoms with Crippen LogP contribution >= 0.6 is 0 Å². The van der Waals surface area contributed by atoms with Gasteiger partial charge in [0.2, 0.25) is 0 Å². The van der Waals surface area contributed by atoms with E-state index >= 15 is 0 Å². The predicted octanol–water partition coefficient (Wildman–Crippen LogP) is 2.94. The molecule has 0 aromatic carbocycles. The third-order valence-electron chi connectivity index (χ3n) is 2.06. The average molecular weight is 178 g/mol. The summed E-state index contributed by atoms with van der Waals surface area (Å²) in [5, 5.41) is 0. The maximum Gasteiger partial charge on any atom is 0.0620 e. The second-order valence-electron chi connectivity index (χ2n) is 3.06. The highest BCUT2D eigenvalue weighted by Crippen LogP contribution is 2.38. The van der Waals surface area contributed by atoms with E-state index in [-0.39, 0.29) is 0 Å². The quantitative estimate of drug-likeness (QED) is 0.695. The van der Waals surface area contributed by atoms with Crippen LogP contribution in [0.25, 0.3) is 0 Å². The first kappa shape index (κ1) is 10.2. The van der Waals surface area contributed by atoms with Gasteiger partial charge in [-0.2, -0.15) is 0 Å². The minimum atomic E-state index is 0.731. The van der Waals surface area contributed by atoms with Crippen LogP contribution in [-0.2, 0) is 6.42 Å². The van der Waals surface area contributed by atoms with Crippen molar-refractivity contribution in [3.05, 3.63) is 23.8 Å². The predicted molar refractivity (Wildman–Crippen MR) is 54.7 cm³/mol. The Hall–Kier alpha value is -0.920. The number of rotatable bonds is 2. The summed E-state index contributed by atoms with van der Waals surface area (Å²) in [6.07, 6.45) is 7.36. The van der Waals surface area contributed by atoms with Crippen molar-refractivity contribution in [1.82, 2.24) is 9.97 Å². The van der Waals surface area contributed by atoms with E-state index in [2.05, 4.69) is 16.9 Å². The minimum Gasteiger partial charge on any atom is -0.261 e. The molecule has 1 fully saturated rings. The van der Waals surface area contributed by atoms with Gasteiger partial charge in [-0.05, 0) is 19.3 Å². The van der Waals surface area contributed by atoms with Gasteiger partial charge in [0.25, 0.3) is 0 Å². The first-order valence-electron chi connectivity index (χ1n) is 5.21.